The van der Waals surface area contributed by atoms with E-state index in [1.54, 1.807) is 18.2 Å². The lowest BCUT2D eigenvalue weighted by molar-refractivity contribution is 0.0955. The number of carbonyl (C=O) groups excluding carboxylic acids is 1. The molecule has 0 saturated heterocycles. The molecular formula is C18H10Cl3FN2O2. The summed E-state index contributed by atoms with van der Waals surface area (Å²) < 4.78 is 18.5. The molecule has 0 saturated carbocycles. The van der Waals surface area contributed by atoms with Gasteiger partial charge >= 0.3 is 0 Å². The van der Waals surface area contributed by atoms with Crippen LogP contribution in [-0.2, 0) is 0 Å². The summed E-state index contributed by atoms with van der Waals surface area (Å²) in [6.45, 7) is 0. The van der Waals surface area contributed by atoms with Crippen LogP contribution in [0.2, 0.25) is 15.1 Å². The first-order valence-electron chi connectivity index (χ1n) is 7.28. The van der Waals surface area contributed by atoms with Gasteiger partial charge < -0.3 is 4.42 Å². The van der Waals surface area contributed by atoms with Gasteiger partial charge in [0.2, 0.25) is 0 Å². The second kappa shape index (κ2) is 7.91. The van der Waals surface area contributed by atoms with E-state index in [0.717, 1.165) is 0 Å². The van der Waals surface area contributed by atoms with Crippen molar-refractivity contribution in [2.45, 2.75) is 0 Å². The molecular weight excluding hydrogens is 402 g/mol. The van der Waals surface area contributed by atoms with Crippen molar-refractivity contribution in [2.75, 3.05) is 0 Å². The van der Waals surface area contributed by atoms with Crippen LogP contribution in [0, 0.1) is 5.82 Å². The number of rotatable bonds is 4. The summed E-state index contributed by atoms with van der Waals surface area (Å²) in [5, 5.41) is 4.90. The number of furan rings is 1. The molecule has 2 aromatic carbocycles. The first-order valence-corrected chi connectivity index (χ1v) is 8.41. The highest BCUT2D eigenvalue weighted by Crippen LogP contribution is 2.35. The molecule has 0 fully saturated rings. The van der Waals surface area contributed by atoms with Crippen molar-refractivity contribution in [3.63, 3.8) is 0 Å². The van der Waals surface area contributed by atoms with Gasteiger partial charge in [-0.3, -0.25) is 4.79 Å². The van der Waals surface area contributed by atoms with Gasteiger partial charge in [-0.05, 0) is 48.5 Å². The van der Waals surface area contributed by atoms with Gasteiger partial charge in [-0.1, -0.05) is 34.8 Å². The van der Waals surface area contributed by atoms with Gasteiger partial charge in [0.1, 0.15) is 17.3 Å². The quantitative estimate of drug-likeness (QED) is 0.334. The zero-order valence-corrected chi connectivity index (χ0v) is 15.2. The molecule has 3 rings (SSSR count). The third-order valence-electron chi connectivity index (χ3n) is 3.37. The van der Waals surface area contributed by atoms with Crippen molar-refractivity contribution < 1.29 is 13.6 Å². The van der Waals surface area contributed by atoms with Gasteiger partial charge in [-0.25, -0.2) is 9.82 Å². The highest BCUT2D eigenvalue weighted by molar-refractivity contribution is 6.44. The number of carbonyl (C=O) groups is 1. The van der Waals surface area contributed by atoms with Crippen molar-refractivity contribution in [3.05, 3.63) is 80.7 Å². The molecule has 4 nitrogen and oxygen atoms in total. The molecule has 132 valence electrons. The zero-order chi connectivity index (χ0) is 18.7. The Kier molecular flexibility index (Phi) is 5.61. The molecule has 0 aliphatic heterocycles. The van der Waals surface area contributed by atoms with Gasteiger partial charge in [0.25, 0.3) is 5.91 Å². The topological polar surface area (TPSA) is 54.6 Å². The van der Waals surface area contributed by atoms with Crippen LogP contribution < -0.4 is 5.43 Å². The van der Waals surface area contributed by atoms with E-state index in [2.05, 4.69) is 10.5 Å². The van der Waals surface area contributed by atoms with Crippen LogP contribution in [0.3, 0.4) is 0 Å². The van der Waals surface area contributed by atoms with E-state index in [9.17, 15) is 9.18 Å². The van der Waals surface area contributed by atoms with E-state index in [-0.39, 0.29) is 5.56 Å². The minimum absolute atomic E-state index is 0.284. The predicted molar refractivity (Wildman–Crippen MR) is 101 cm³/mol. The molecule has 0 atom stereocenters. The highest BCUT2D eigenvalue weighted by atomic mass is 35.5. The van der Waals surface area contributed by atoms with E-state index < -0.39 is 11.7 Å². The standard InChI is InChI=1S/C18H10Cl3FN2O2/c19-14-8-16(21)15(20)7-13(14)17-6-5-12(26-17)9-23-24-18(25)10-1-3-11(22)4-2-10/h1-9H,(H,24,25)/b23-9+. The Bertz CT molecular complexity index is 985. The molecule has 26 heavy (non-hydrogen) atoms. The number of benzene rings is 2. The van der Waals surface area contributed by atoms with Crippen molar-refractivity contribution in [1.82, 2.24) is 5.43 Å². The fraction of sp³-hybridized carbons (Fsp3) is 0. The maximum atomic E-state index is 12.8. The van der Waals surface area contributed by atoms with Crippen molar-refractivity contribution in [2.24, 2.45) is 5.10 Å². The molecule has 1 N–H and O–H groups in total. The summed E-state index contributed by atoms with van der Waals surface area (Å²) in [5.74, 6) is -0.0314. The van der Waals surface area contributed by atoms with Crippen LogP contribution in [0.1, 0.15) is 16.1 Å². The molecule has 0 aliphatic carbocycles. The third-order valence-corrected chi connectivity index (χ3v) is 4.40. The maximum Gasteiger partial charge on any atom is 0.271 e. The fourth-order valence-electron chi connectivity index (χ4n) is 2.10. The molecule has 3 aromatic rings. The van der Waals surface area contributed by atoms with Crippen LogP contribution >= 0.6 is 34.8 Å². The molecule has 1 amide bonds. The monoisotopic (exact) mass is 410 g/mol. The van der Waals surface area contributed by atoms with E-state index in [1.165, 1.54) is 36.5 Å². The second-order valence-electron chi connectivity index (χ2n) is 5.15. The smallest absolute Gasteiger partial charge is 0.271 e. The van der Waals surface area contributed by atoms with E-state index in [4.69, 9.17) is 39.2 Å². The minimum atomic E-state index is -0.472. The maximum absolute atomic E-state index is 12.8. The average molecular weight is 412 g/mol. The van der Waals surface area contributed by atoms with Crippen LogP contribution in [0.4, 0.5) is 4.39 Å². The molecule has 0 aliphatic rings. The molecule has 1 heterocycles. The summed E-state index contributed by atoms with van der Waals surface area (Å²) in [5.41, 5.74) is 3.19. The van der Waals surface area contributed by atoms with Crippen molar-refractivity contribution in [3.8, 4) is 11.3 Å². The lowest BCUT2D eigenvalue weighted by Gasteiger charge is -2.03. The molecule has 1 aromatic heterocycles. The number of hydrazone groups is 1. The summed E-state index contributed by atoms with van der Waals surface area (Å²) >= 11 is 18.1. The van der Waals surface area contributed by atoms with Gasteiger partial charge in [0, 0.05) is 11.1 Å². The van der Waals surface area contributed by atoms with Crippen molar-refractivity contribution in [1.29, 1.82) is 0 Å². The molecule has 0 spiro atoms. The first kappa shape index (κ1) is 18.5. The molecule has 0 bridgehead atoms. The SMILES string of the molecule is O=C(N/N=C/c1ccc(-c2cc(Cl)c(Cl)cc2Cl)o1)c1ccc(F)cc1. The van der Waals surface area contributed by atoms with Crippen LogP contribution in [0.5, 0.6) is 0 Å². The second-order valence-corrected chi connectivity index (χ2v) is 6.38. The number of hydrogen-bond acceptors (Lipinski definition) is 3. The first-order chi connectivity index (χ1) is 12.4. The van der Waals surface area contributed by atoms with E-state index >= 15 is 0 Å². The van der Waals surface area contributed by atoms with Crippen LogP contribution in [0.25, 0.3) is 11.3 Å². The Morgan fingerprint density at radius 1 is 1.00 bits per heavy atom. The summed E-state index contributed by atoms with van der Waals surface area (Å²) in [7, 11) is 0. The number of halogens is 4. The Morgan fingerprint density at radius 2 is 1.69 bits per heavy atom. The molecule has 0 unspecified atom stereocenters. The van der Waals surface area contributed by atoms with Gasteiger partial charge in [-0.15, -0.1) is 0 Å². The number of hydrogen-bond donors (Lipinski definition) is 1. The van der Waals surface area contributed by atoms with E-state index in [1.807, 2.05) is 0 Å². The molecule has 0 radical (unpaired) electrons. The Hall–Kier alpha value is -2.34. The Balaban J connectivity index is 1.70. The average Bonchev–Trinajstić information content (AvgIpc) is 3.07. The predicted octanol–water partition coefficient (Wildman–Crippen LogP) is 5.81. The number of amides is 1. The Morgan fingerprint density at radius 3 is 2.42 bits per heavy atom. The molecule has 8 heteroatoms. The summed E-state index contributed by atoms with van der Waals surface area (Å²) in [6.07, 6.45) is 1.33. The summed E-state index contributed by atoms with van der Waals surface area (Å²) in [4.78, 5) is 11.9. The zero-order valence-electron chi connectivity index (χ0n) is 13.0. The van der Waals surface area contributed by atoms with Gasteiger partial charge in [0.05, 0.1) is 21.3 Å². The van der Waals surface area contributed by atoms with Crippen LogP contribution in [-0.4, -0.2) is 12.1 Å². The summed E-state index contributed by atoms with van der Waals surface area (Å²) in [6, 6.07) is 11.6. The largest absolute Gasteiger partial charge is 0.455 e. The number of nitrogens with one attached hydrogen (secondary N) is 1. The van der Waals surface area contributed by atoms with Gasteiger partial charge in [0.15, 0.2) is 0 Å². The lowest BCUT2D eigenvalue weighted by atomic mass is 10.2. The normalized spacial score (nSPS) is 11.1. The van der Waals surface area contributed by atoms with Crippen molar-refractivity contribution >= 4 is 46.9 Å². The van der Waals surface area contributed by atoms with Gasteiger partial charge in [-0.2, -0.15) is 5.10 Å². The van der Waals surface area contributed by atoms with E-state index in [0.29, 0.717) is 32.2 Å². The highest BCUT2D eigenvalue weighted by Gasteiger charge is 2.11. The number of nitrogens with zero attached hydrogens (tertiary/aromatic N) is 1. The minimum Gasteiger partial charge on any atom is -0.455 e. The Labute approximate surface area is 163 Å². The lowest BCUT2D eigenvalue weighted by Crippen LogP contribution is -2.17. The third kappa shape index (κ3) is 4.25. The fourth-order valence-corrected chi connectivity index (χ4v) is 2.74. The van der Waals surface area contributed by atoms with Crippen LogP contribution in [0.15, 0.2) is 58.0 Å².